The zero-order valence-electron chi connectivity index (χ0n) is 9.36. The highest BCUT2D eigenvalue weighted by Gasteiger charge is 2.40. The second-order valence-electron chi connectivity index (χ2n) is 4.99. The second-order valence-corrected chi connectivity index (χ2v) is 4.99. The van der Waals surface area contributed by atoms with Gasteiger partial charge in [0.15, 0.2) is 0 Å². The largest absolute Gasteiger partial charge is 0.390 e. The smallest absolute Gasteiger partial charge is 0.231 e. The summed E-state index contributed by atoms with van der Waals surface area (Å²) >= 11 is 0. The highest BCUT2D eigenvalue weighted by molar-refractivity contribution is 6.00. The van der Waals surface area contributed by atoms with Crippen LogP contribution in [0.1, 0.15) is 24.0 Å². The lowest BCUT2D eigenvalue weighted by molar-refractivity contribution is -0.117. The van der Waals surface area contributed by atoms with Gasteiger partial charge in [0.05, 0.1) is 12.0 Å². The lowest BCUT2D eigenvalue weighted by Crippen LogP contribution is -2.20. The van der Waals surface area contributed by atoms with Crippen LogP contribution in [0.2, 0.25) is 0 Å². The molecular weight excluding hydrogens is 202 g/mol. The third-order valence-electron chi connectivity index (χ3n) is 3.59. The fourth-order valence-corrected chi connectivity index (χ4v) is 2.30. The van der Waals surface area contributed by atoms with Gasteiger partial charge in [0.2, 0.25) is 5.91 Å². The molecule has 0 atom stereocenters. The summed E-state index contributed by atoms with van der Waals surface area (Å²) in [6.07, 6.45) is 3.02. The van der Waals surface area contributed by atoms with Crippen molar-refractivity contribution >= 4 is 11.6 Å². The van der Waals surface area contributed by atoms with Crippen molar-refractivity contribution in [1.82, 2.24) is 0 Å². The molecule has 0 aromatic heterocycles. The van der Waals surface area contributed by atoms with E-state index >= 15 is 0 Å². The van der Waals surface area contributed by atoms with Gasteiger partial charge in [-0.25, -0.2) is 0 Å². The number of likely N-dealkylation sites (N-methyl/N-ethyl adjacent to an activating group) is 1. The summed E-state index contributed by atoms with van der Waals surface area (Å²) in [4.78, 5) is 13.2. The molecule has 1 aromatic carbocycles. The van der Waals surface area contributed by atoms with Gasteiger partial charge >= 0.3 is 0 Å². The Morgan fingerprint density at radius 1 is 1.44 bits per heavy atom. The Kier molecular flexibility index (Phi) is 1.89. The molecular formula is C13H15NO2. The molecule has 0 saturated heterocycles. The lowest BCUT2D eigenvalue weighted by atomic mass is 10.0. The molecule has 1 amide bonds. The van der Waals surface area contributed by atoms with Crippen molar-refractivity contribution in [1.29, 1.82) is 0 Å². The van der Waals surface area contributed by atoms with Gasteiger partial charge in [-0.3, -0.25) is 4.79 Å². The molecule has 1 aromatic rings. The summed E-state index contributed by atoms with van der Waals surface area (Å²) in [5.74, 6) is 0.150. The van der Waals surface area contributed by atoms with Crippen molar-refractivity contribution in [3.8, 4) is 0 Å². The van der Waals surface area contributed by atoms with Crippen LogP contribution in [0.5, 0.6) is 0 Å². The molecule has 1 N–H and O–H groups in total. The van der Waals surface area contributed by atoms with Crippen molar-refractivity contribution < 1.29 is 9.90 Å². The molecule has 16 heavy (non-hydrogen) atoms. The van der Waals surface area contributed by atoms with Crippen LogP contribution in [-0.4, -0.2) is 23.7 Å². The highest BCUT2D eigenvalue weighted by Crippen LogP contribution is 2.39. The Bertz CT molecular complexity index is 463. The van der Waals surface area contributed by atoms with Crippen molar-refractivity contribution in [3.63, 3.8) is 0 Å². The molecule has 84 valence electrons. The van der Waals surface area contributed by atoms with Crippen molar-refractivity contribution in [3.05, 3.63) is 29.3 Å². The molecule has 1 fully saturated rings. The van der Waals surface area contributed by atoms with E-state index in [1.165, 1.54) is 0 Å². The van der Waals surface area contributed by atoms with Gasteiger partial charge < -0.3 is 10.0 Å². The molecule has 3 heteroatoms. The van der Waals surface area contributed by atoms with Crippen LogP contribution in [0, 0.1) is 0 Å². The molecule has 0 unspecified atom stereocenters. The predicted octanol–water partition coefficient (Wildman–Crippen LogP) is 1.27. The summed E-state index contributed by atoms with van der Waals surface area (Å²) in [6, 6.07) is 6.08. The number of rotatable bonds is 2. The lowest BCUT2D eigenvalue weighted by Gasteiger charge is -2.13. The van der Waals surface area contributed by atoms with Gasteiger partial charge in [0, 0.05) is 19.2 Å². The summed E-state index contributed by atoms with van der Waals surface area (Å²) < 4.78 is 0. The quantitative estimate of drug-likeness (QED) is 0.810. The Labute approximate surface area is 94.7 Å². The molecule has 0 bridgehead atoms. The Hall–Kier alpha value is -1.35. The minimum Gasteiger partial charge on any atom is -0.390 e. The van der Waals surface area contributed by atoms with E-state index in [0.29, 0.717) is 12.8 Å². The van der Waals surface area contributed by atoms with Gasteiger partial charge in [0.25, 0.3) is 0 Å². The number of nitrogens with zero attached hydrogens (tertiary/aromatic N) is 1. The third kappa shape index (κ3) is 1.52. The van der Waals surface area contributed by atoms with E-state index in [1.807, 2.05) is 25.2 Å². The predicted molar refractivity (Wildman–Crippen MR) is 61.4 cm³/mol. The van der Waals surface area contributed by atoms with E-state index in [-0.39, 0.29) is 5.91 Å². The standard InChI is InChI=1S/C13H15NO2/c1-14-11-6-9(8-13(16)4-5-13)2-3-10(11)7-12(14)15/h2-3,6,16H,4-5,7-8H2,1H3. The van der Waals surface area contributed by atoms with E-state index in [9.17, 15) is 9.90 Å². The first-order valence-corrected chi connectivity index (χ1v) is 5.68. The number of hydrogen-bond acceptors (Lipinski definition) is 2. The average molecular weight is 217 g/mol. The Balaban J connectivity index is 1.91. The minimum absolute atomic E-state index is 0.150. The average Bonchev–Trinajstić information content (AvgIpc) is 2.90. The molecule has 1 saturated carbocycles. The van der Waals surface area contributed by atoms with Crippen molar-refractivity contribution in [2.75, 3.05) is 11.9 Å². The summed E-state index contributed by atoms with van der Waals surface area (Å²) in [5.41, 5.74) is 2.76. The van der Waals surface area contributed by atoms with Gasteiger partial charge in [-0.15, -0.1) is 0 Å². The van der Waals surface area contributed by atoms with Crippen LogP contribution in [0.4, 0.5) is 5.69 Å². The second kappa shape index (κ2) is 3.08. The number of aliphatic hydroxyl groups is 1. The molecule has 3 rings (SSSR count). The summed E-state index contributed by atoms with van der Waals surface area (Å²) in [6.45, 7) is 0. The normalized spacial score (nSPS) is 21.1. The molecule has 0 spiro atoms. The van der Waals surface area contributed by atoms with Crippen LogP contribution < -0.4 is 4.90 Å². The van der Waals surface area contributed by atoms with Crippen molar-refractivity contribution in [2.45, 2.75) is 31.3 Å². The van der Waals surface area contributed by atoms with Gasteiger partial charge in [0.1, 0.15) is 0 Å². The van der Waals surface area contributed by atoms with Crippen LogP contribution in [0.25, 0.3) is 0 Å². The van der Waals surface area contributed by atoms with Crippen molar-refractivity contribution in [2.24, 2.45) is 0 Å². The fourth-order valence-electron chi connectivity index (χ4n) is 2.30. The topological polar surface area (TPSA) is 40.5 Å². The number of fused-ring (bicyclic) bond motifs is 1. The number of carbonyl (C=O) groups excluding carboxylic acids is 1. The van der Waals surface area contributed by atoms with E-state index in [4.69, 9.17) is 0 Å². The Morgan fingerprint density at radius 3 is 2.88 bits per heavy atom. The number of carbonyl (C=O) groups is 1. The Morgan fingerprint density at radius 2 is 2.19 bits per heavy atom. The molecule has 0 radical (unpaired) electrons. The molecule has 3 nitrogen and oxygen atoms in total. The van der Waals surface area contributed by atoms with Gasteiger partial charge in [-0.05, 0) is 30.0 Å². The van der Waals surface area contributed by atoms with Crippen LogP contribution in [-0.2, 0) is 17.6 Å². The first-order valence-electron chi connectivity index (χ1n) is 5.68. The van der Waals surface area contributed by atoms with Gasteiger partial charge in [-0.1, -0.05) is 12.1 Å². The fraction of sp³-hybridized carbons (Fsp3) is 0.462. The summed E-state index contributed by atoms with van der Waals surface area (Å²) in [5, 5.41) is 9.87. The SMILES string of the molecule is CN1C(=O)Cc2ccc(CC3(O)CC3)cc21. The van der Waals surface area contributed by atoms with Crippen LogP contribution >= 0.6 is 0 Å². The van der Waals surface area contributed by atoms with Gasteiger partial charge in [-0.2, -0.15) is 0 Å². The maximum atomic E-state index is 11.5. The maximum absolute atomic E-state index is 11.5. The van der Waals surface area contributed by atoms with E-state index in [1.54, 1.807) is 4.90 Å². The van der Waals surface area contributed by atoms with E-state index in [2.05, 4.69) is 0 Å². The molecule has 1 heterocycles. The first kappa shape index (κ1) is 9.85. The zero-order valence-corrected chi connectivity index (χ0v) is 9.36. The van der Waals surface area contributed by atoms with Crippen LogP contribution in [0.15, 0.2) is 18.2 Å². The zero-order chi connectivity index (χ0) is 11.3. The maximum Gasteiger partial charge on any atom is 0.231 e. The monoisotopic (exact) mass is 217 g/mol. The number of amides is 1. The molecule has 1 aliphatic carbocycles. The van der Waals surface area contributed by atoms with Crippen LogP contribution in [0.3, 0.4) is 0 Å². The van der Waals surface area contributed by atoms with E-state index in [0.717, 1.165) is 29.7 Å². The van der Waals surface area contributed by atoms with E-state index < -0.39 is 5.60 Å². The number of benzene rings is 1. The molecule has 2 aliphatic rings. The third-order valence-corrected chi connectivity index (χ3v) is 3.59. The summed E-state index contributed by atoms with van der Waals surface area (Å²) in [7, 11) is 1.81. The number of hydrogen-bond donors (Lipinski definition) is 1. The number of anilines is 1. The molecule has 1 aliphatic heterocycles. The minimum atomic E-state index is -0.463. The first-order chi connectivity index (χ1) is 7.57. The highest BCUT2D eigenvalue weighted by atomic mass is 16.3.